The van der Waals surface area contributed by atoms with E-state index in [1.165, 1.54) is 18.3 Å². The van der Waals surface area contributed by atoms with Crippen molar-refractivity contribution in [1.29, 1.82) is 0 Å². The number of aromatic amines is 1. The van der Waals surface area contributed by atoms with E-state index >= 15 is 0 Å². The molecule has 0 saturated carbocycles. The Morgan fingerprint density at radius 2 is 1.96 bits per heavy atom. The summed E-state index contributed by atoms with van der Waals surface area (Å²) in [4.78, 5) is 14.5. The van der Waals surface area contributed by atoms with Gasteiger partial charge < -0.3 is 15.6 Å². The molecule has 1 aliphatic heterocycles. The van der Waals surface area contributed by atoms with Gasteiger partial charge in [-0.25, -0.2) is 4.39 Å². The summed E-state index contributed by atoms with van der Waals surface area (Å²) in [6, 6.07) is 4.42. The molecule has 2 aromatic rings. The van der Waals surface area contributed by atoms with Crippen LogP contribution in [0.4, 0.5) is 28.9 Å². The van der Waals surface area contributed by atoms with Crippen molar-refractivity contribution in [3.05, 3.63) is 57.8 Å². The van der Waals surface area contributed by atoms with E-state index in [0.717, 1.165) is 18.6 Å². The van der Waals surface area contributed by atoms with Crippen LogP contribution in [0.25, 0.3) is 0 Å². The van der Waals surface area contributed by atoms with Crippen LogP contribution in [0.5, 0.6) is 0 Å². The van der Waals surface area contributed by atoms with Crippen molar-refractivity contribution in [2.75, 3.05) is 18.4 Å². The molecule has 1 aromatic heterocycles. The van der Waals surface area contributed by atoms with Gasteiger partial charge in [-0.2, -0.15) is 13.2 Å². The Hall–Kier alpha value is -2.35. The number of alkyl halides is 3. The molecule has 8 heteroatoms. The molecule has 0 fully saturated rings. The molecule has 1 aliphatic rings. The molecular weight excluding hydrogens is 350 g/mol. The molecule has 2 heterocycles. The quantitative estimate of drug-likeness (QED) is 0.555. The maximum Gasteiger partial charge on any atom is 0.403 e. The van der Waals surface area contributed by atoms with Gasteiger partial charge in [0, 0.05) is 24.0 Å². The topological polar surface area (TPSA) is 56.9 Å². The van der Waals surface area contributed by atoms with E-state index in [4.69, 9.17) is 0 Å². The van der Waals surface area contributed by atoms with Gasteiger partial charge in [0.05, 0.1) is 0 Å². The van der Waals surface area contributed by atoms with Gasteiger partial charge in [-0.3, -0.25) is 4.79 Å². The van der Waals surface area contributed by atoms with Gasteiger partial charge in [0.15, 0.2) is 0 Å². The van der Waals surface area contributed by atoms with E-state index in [1.807, 2.05) is 6.92 Å². The van der Waals surface area contributed by atoms with Crippen molar-refractivity contribution in [3.63, 3.8) is 0 Å². The Labute approximate surface area is 147 Å². The maximum absolute atomic E-state index is 14.4. The first-order chi connectivity index (χ1) is 12.3. The monoisotopic (exact) mass is 369 g/mol. The predicted octanol–water partition coefficient (Wildman–Crippen LogP) is 3.81. The van der Waals surface area contributed by atoms with Gasteiger partial charge in [0.2, 0.25) is 0 Å². The lowest BCUT2D eigenvalue weighted by atomic mass is 9.70. The highest BCUT2D eigenvalue weighted by molar-refractivity contribution is 5.76. The fourth-order valence-electron chi connectivity index (χ4n) is 3.39. The molecule has 1 atom stereocenters. The zero-order valence-electron chi connectivity index (χ0n) is 14.1. The van der Waals surface area contributed by atoms with Crippen LogP contribution in [0.3, 0.4) is 0 Å². The molecule has 0 spiro atoms. The summed E-state index contributed by atoms with van der Waals surface area (Å²) in [6.45, 7) is 1.85. The number of halogens is 4. The predicted molar refractivity (Wildman–Crippen MR) is 91.4 cm³/mol. The second-order valence-electron chi connectivity index (χ2n) is 6.34. The maximum atomic E-state index is 14.4. The number of hydrogen-bond acceptors (Lipinski definition) is 3. The van der Waals surface area contributed by atoms with E-state index in [-0.39, 0.29) is 22.5 Å². The van der Waals surface area contributed by atoms with Crippen LogP contribution in [0, 0.1) is 5.82 Å². The molecule has 0 aliphatic carbocycles. The SMILES string of the molecule is CCCCNCC1(C(F)(F)F)c2cc(F)ccc2Nc2c1cc[nH]c2=O. The Kier molecular flexibility index (Phi) is 4.79. The minimum Gasteiger partial charge on any atom is -0.351 e. The molecule has 1 aromatic carbocycles. The Morgan fingerprint density at radius 3 is 2.65 bits per heavy atom. The third-order valence-corrected chi connectivity index (χ3v) is 4.70. The average molecular weight is 369 g/mol. The van der Waals surface area contributed by atoms with Gasteiger partial charge in [0.25, 0.3) is 5.56 Å². The van der Waals surface area contributed by atoms with E-state index in [1.54, 1.807) is 0 Å². The van der Waals surface area contributed by atoms with Crippen LogP contribution < -0.4 is 16.2 Å². The van der Waals surface area contributed by atoms with Crippen LogP contribution in [-0.4, -0.2) is 24.2 Å². The van der Waals surface area contributed by atoms with E-state index < -0.39 is 29.5 Å². The largest absolute Gasteiger partial charge is 0.403 e. The third kappa shape index (κ3) is 2.88. The van der Waals surface area contributed by atoms with Crippen molar-refractivity contribution in [2.45, 2.75) is 31.4 Å². The van der Waals surface area contributed by atoms with E-state index in [2.05, 4.69) is 15.6 Å². The highest BCUT2D eigenvalue weighted by Crippen LogP contribution is 2.53. The normalized spacial score (nSPS) is 18.8. The smallest absolute Gasteiger partial charge is 0.351 e. The fourth-order valence-corrected chi connectivity index (χ4v) is 3.39. The first kappa shape index (κ1) is 18.4. The number of unbranched alkanes of at least 4 members (excludes halogenated alkanes) is 1. The Bertz CT molecular complexity index is 862. The number of benzene rings is 1. The molecule has 140 valence electrons. The van der Waals surface area contributed by atoms with Crippen molar-refractivity contribution >= 4 is 11.4 Å². The summed E-state index contributed by atoms with van der Waals surface area (Å²) in [5, 5.41) is 5.57. The number of H-pyrrole nitrogens is 1. The zero-order chi connectivity index (χ0) is 18.9. The second kappa shape index (κ2) is 6.75. The summed E-state index contributed by atoms with van der Waals surface area (Å²) >= 11 is 0. The second-order valence-corrected chi connectivity index (χ2v) is 6.34. The van der Waals surface area contributed by atoms with Crippen molar-refractivity contribution < 1.29 is 17.6 Å². The molecular formula is C18H19F4N3O. The highest BCUT2D eigenvalue weighted by Gasteiger charge is 2.60. The number of rotatable bonds is 5. The standard InChI is InChI=1S/C18H19F4N3O/c1-2-3-7-23-10-17(18(20,21)22)12-6-8-24-16(26)15(12)25-14-5-4-11(19)9-13(14)17/h4-6,8-9,23,25H,2-3,7,10H2,1H3,(H,24,26). The molecule has 0 amide bonds. The van der Waals surface area contributed by atoms with E-state index in [0.29, 0.717) is 13.0 Å². The number of aromatic nitrogens is 1. The molecule has 26 heavy (non-hydrogen) atoms. The van der Waals surface area contributed by atoms with Gasteiger partial charge in [-0.1, -0.05) is 13.3 Å². The number of pyridine rings is 1. The minimum atomic E-state index is -4.74. The van der Waals surface area contributed by atoms with Crippen molar-refractivity contribution in [1.82, 2.24) is 10.3 Å². The summed E-state index contributed by atoms with van der Waals surface area (Å²) in [5.74, 6) is -0.763. The molecule has 0 radical (unpaired) electrons. The summed E-state index contributed by atoms with van der Waals surface area (Å²) in [5.41, 5.74) is -3.71. The number of anilines is 2. The number of nitrogens with one attached hydrogen (secondary N) is 3. The molecule has 0 saturated heterocycles. The van der Waals surface area contributed by atoms with Gasteiger partial charge in [-0.05, 0) is 42.8 Å². The van der Waals surface area contributed by atoms with Crippen molar-refractivity contribution in [2.24, 2.45) is 0 Å². The van der Waals surface area contributed by atoms with Gasteiger partial charge in [0.1, 0.15) is 16.9 Å². The molecule has 0 bridgehead atoms. The lowest BCUT2D eigenvalue weighted by molar-refractivity contribution is -0.177. The highest BCUT2D eigenvalue weighted by atomic mass is 19.4. The molecule has 4 nitrogen and oxygen atoms in total. The lowest BCUT2D eigenvalue weighted by Crippen LogP contribution is -2.53. The average Bonchev–Trinajstić information content (AvgIpc) is 2.58. The number of hydrogen-bond donors (Lipinski definition) is 3. The fraction of sp³-hybridized carbons (Fsp3) is 0.389. The molecule has 3 N–H and O–H groups in total. The first-order valence-electron chi connectivity index (χ1n) is 8.38. The summed E-state index contributed by atoms with van der Waals surface area (Å²) < 4.78 is 57.1. The van der Waals surface area contributed by atoms with Crippen LogP contribution >= 0.6 is 0 Å². The van der Waals surface area contributed by atoms with Crippen LogP contribution in [-0.2, 0) is 5.41 Å². The van der Waals surface area contributed by atoms with Crippen molar-refractivity contribution in [3.8, 4) is 0 Å². The third-order valence-electron chi connectivity index (χ3n) is 4.70. The molecule has 1 unspecified atom stereocenters. The zero-order valence-corrected chi connectivity index (χ0v) is 14.1. The number of fused-ring (bicyclic) bond motifs is 2. The Balaban J connectivity index is 2.25. The van der Waals surface area contributed by atoms with Crippen LogP contribution in [0.15, 0.2) is 35.3 Å². The summed E-state index contributed by atoms with van der Waals surface area (Å²) in [6.07, 6.45) is -2.02. The Morgan fingerprint density at radius 1 is 1.19 bits per heavy atom. The van der Waals surface area contributed by atoms with Gasteiger partial charge >= 0.3 is 6.18 Å². The van der Waals surface area contributed by atoms with Gasteiger partial charge in [-0.15, -0.1) is 0 Å². The first-order valence-corrected chi connectivity index (χ1v) is 8.38. The van der Waals surface area contributed by atoms with Crippen LogP contribution in [0.2, 0.25) is 0 Å². The summed E-state index contributed by atoms with van der Waals surface area (Å²) in [7, 11) is 0. The van der Waals surface area contributed by atoms with Crippen LogP contribution in [0.1, 0.15) is 30.9 Å². The lowest BCUT2D eigenvalue weighted by Gasteiger charge is -2.42. The molecule has 3 rings (SSSR count). The van der Waals surface area contributed by atoms with E-state index in [9.17, 15) is 22.4 Å². The minimum absolute atomic E-state index is 0.0743.